The van der Waals surface area contributed by atoms with Crippen LogP contribution in [0.1, 0.15) is 44.1 Å². The molecule has 1 unspecified atom stereocenters. The van der Waals surface area contributed by atoms with E-state index in [-0.39, 0.29) is 6.04 Å². The van der Waals surface area contributed by atoms with E-state index in [1.807, 2.05) is 29.3 Å². The van der Waals surface area contributed by atoms with Gasteiger partial charge in [-0.1, -0.05) is 54.6 Å². The number of aliphatic imine (C=N–C) groups is 1. The number of hydrogen-bond acceptors (Lipinski definition) is 3. The van der Waals surface area contributed by atoms with Gasteiger partial charge in [-0.15, -0.1) is 0 Å². The molecule has 0 amide bonds. The largest absolute Gasteiger partial charge is 0.270 e. The lowest BCUT2D eigenvalue weighted by atomic mass is 9.96. The summed E-state index contributed by atoms with van der Waals surface area (Å²) < 4.78 is 16.0. The number of nitrogens with one attached hydrogen (secondary N) is 1. The zero-order valence-electron chi connectivity index (χ0n) is 16.6. The molecular weight excluding hydrogens is 439 g/mol. The number of benzene rings is 2. The van der Waals surface area contributed by atoms with Crippen LogP contribution in [0.2, 0.25) is 10.0 Å². The molecule has 1 fully saturated rings. The normalized spacial score (nSPS) is 18.9. The monoisotopic (exact) mass is 462 g/mol. The highest BCUT2D eigenvalue weighted by Crippen LogP contribution is 2.22. The van der Waals surface area contributed by atoms with Crippen LogP contribution in [-0.2, 0) is 11.0 Å². The van der Waals surface area contributed by atoms with Crippen molar-refractivity contribution < 1.29 is 4.21 Å². The molecule has 1 atom stereocenters. The van der Waals surface area contributed by atoms with E-state index in [0.29, 0.717) is 27.4 Å². The van der Waals surface area contributed by atoms with Crippen LogP contribution in [0.5, 0.6) is 0 Å². The molecule has 1 aliphatic carbocycles. The van der Waals surface area contributed by atoms with Gasteiger partial charge < -0.3 is 0 Å². The van der Waals surface area contributed by atoms with E-state index in [1.54, 1.807) is 24.3 Å². The van der Waals surface area contributed by atoms with E-state index in [9.17, 15) is 4.21 Å². The van der Waals surface area contributed by atoms with Gasteiger partial charge in [0.1, 0.15) is 0 Å². The number of hydrazone groups is 1. The summed E-state index contributed by atoms with van der Waals surface area (Å²) in [4.78, 5) is 5.58. The summed E-state index contributed by atoms with van der Waals surface area (Å²) in [7, 11) is -1.45. The minimum atomic E-state index is -1.45. The van der Waals surface area contributed by atoms with Crippen molar-refractivity contribution >= 4 is 45.9 Å². The number of guanidine groups is 1. The Morgan fingerprint density at radius 1 is 1.00 bits per heavy atom. The van der Waals surface area contributed by atoms with E-state index in [4.69, 9.17) is 33.3 Å². The first-order valence-electron chi connectivity index (χ1n) is 10.2. The summed E-state index contributed by atoms with van der Waals surface area (Å²) >= 11 is 12.0. The number of hydrogen-bond donors (Lipinski definition) is 1. The van der Waals surface area contributed by atoms with Gasteiger partial charge in [0.2, 0.25) is 5.96 Å². The molecule has 0 radical (unpaired) electrons. The van der Waals surface area contributed by atoms with Crippen LogP contribution in [0.15, 0.2) is 63.5 Å². The maximum absolute atomic E-state index is 12.9. The Labute approximate surface area is 189 Å². The quantitative estimate of drug-likeness (QED) is 0.487. The van der Waals surface area contributed by atoms with E-state index in [2.05, 4.69) is 4.72 Å². The maximum Gasteiger partial charge on any atom is 0.227 e. The summed E-state index contributed by atoms with van der Waals surface area (Å²) in [5.74, 6) is 0.569. The molecule has 5 nitrogen and oxygen atoms in total. The maximum atomic E-state index is 12.9. The van der Waals surface area contributed by atoms with Crippen molar-refractivity contribution in [3.8, 4) is 0 Å². The smallest absolute Gasteiger partial charge is 0.227 e. The molecule has 0 spiro atoms. The van der Waals surface area contributed by atoms with Crippen molar-refractivity contribution in [3.63, 3.8) is 0 Å². The van der Waals surface area contributed by atoms with Crippen molar-refractivity contribution in [3.05, 3.63) is 64.1 Å². The zero-order chi connectivity index (χ0) is 20.9. The fourth-order valence-electron chi connectivity index (χ4n) is 3.68. The Hall–Kier alpha value is -1.89. The summed E-state index contributed by atoms with van der Waals surface area (Å²) in [6.07, 6.45) is 6.53. The van der Waals surface area contributed by atoms with Gasteiger partial charge in [-0.05, 0) is 54.8 Å². The highest BCUT2D eigenvalue weighted by atomic mass is 35.5. The first-order chi connectivity index (χ1) is 14.6. The van der Waals surface area contributed by atoms with Crippen LogP contribution in [-0.4, -0.2) is 33.5 Å². The molecule has 158 valence electrons. The Morgan fingerprint density at radius 2 is 1.63 bits per heavy atom. The average Bonchev–Trinajstić information content (AvgIpc) is 3.25. The van der Waals surface area contributed by atoms with Crippen molar-refractivity contribution in [1.29, 1.82) is 0 Å². The summed E-state index contributed by atoms with van der Waals surface area (Å²) in [6.45, 7) is 0.689. The SMILES string of the molecule is O=S(NC(=NC1CCCCC1)N1CCC(c2ccc(Cl)cc2)=N1)c1ccc(Cl)cc1. The first-order valence-corrected chi connectivity index (χ1v) is 12.1. The molecule has 1 heterocycles. The molecule has 1 N–H and O–H groups in total. The standard InChI is InChI=1S/C22H24Cl2N4OS/c23-17-8-6-16(7-9-17)21-14-15-28(26-21)22(25-19-4-2-1-3-5-19)27-30(29)20-12-10-18(24)11-13-20/h6-13,19H,1-5,14-15H2,(H,25,27). The Balaban J connectivity index is 1.57. The van der Waals surface area contributed by atoms with E-state index in [0.717, 1.165) is 30.5 Å². The third kappa shape index (κ3) is 5.42. The average molecular weight is 463 g/mol. The second kappa shape index (κ2) is 9.94. The Morgan fingerprint density at radius 3 is 2.30 bits per heavy atom. The zero-order valence-corrected chi connectivity index (χ0v) is 18.9. The molecule has 0 saturated heterocycles. The molecule has 2 aliphatic rings. The molecule has 0 aromatic heterocycles. The van der Waals surface area contributed by atoms with E-state index in [1.165, 1.54) is 19.3 Å². The Kier molecular flexibility index (Phi) is 7.08. The highest BCUT2D eigenvalue weighted by Gasteiger charge is 2.24. The van der Waals surface area contributed by atoms with Gasteiger partial charge in [0.05, 0.1) is 23.2 Å². The number of nitrogens with zero attached hydrogens (tertiary/aromatic N) is 3. The lowest BCUT2D eigenvalue weighted by molar-refractivity contribution is 0.424. The van der Waals surface area contributed by atoms with Crippen molar-refractivity contribution in [1.82, 2.24) is 9.73 Å². The molecule has 4 rings (SSSR count). The second-order valence-corrected chi connectivity index (χ2v) is 9.58. The van der Waals surface area contributed by atoms with Gasteiger partial charge in [0.15, 0.2) is 11.0 Å². The van der Waals surface area contributed by atoms with Crippen molar-refractivity contribution in [2.45, 2.75) is 49.5 Å². The summed E-state index contributed by atoms with van der Waals surface area (Å²) in [6, 6.07) is 14.9. The lowest BCUT2D eigenvalue weighted by Gasteiger charge is -2.23. The van der Waals surface area contributed by atoms with Crippen LogP contribution in [0, 0.1) is 0 Å². The van der Waals surface area contributed by atoms with Crippen LogP contribution in [0.4, 0.5) is 0 Å². The van der Waals surface area contributed by atoms with Crippen molar-refractivity contribution in [2.24, 2.45) is 10.1 Å². The van der Waals surface area contributed by atoms with Crippen LogP contribution >= 0.6 is 23.2 Å². The third-order valence-electron chi connectivity index (χ3n) is 5.32. The predicted molar refractivity (Wildman–Crippen MR) is 125 cm³/mol. The Bertz CT molecular complexity index is 954. The van der Waals surface area contributed by atoms with Crippen LogP contribution < -0.4 is 4.72 Å². The van der Waals surface area contributed by atoms with Gasteiger partial charge in [-0.25, -0.2) is 14.2 Å². The fourth-order valence-corrected chi connectivity index (χ4v) is 4.76. The van der Waals surface area contributed by atoms with Gasteiger partial charge in [0.25, 0.3) is 0 Å². The molecule has 2 aromatic rings. The minimum absolute atomic E-state index is 0.234. The minimum Gasteiger partial charge on any atom is -0.270 e. The predicted octanol–water partition coefficient (Wildman–Crippen LogP) is 5.40. The molecule has 30 heavy (non-hydrogen) atoms. The van der Waals surface area contributed by atoms with Crippen molar-refractivity contribution in [2.75, 3.05) is 6.54 Å². The van der Waals surface area contributed by atoms with E-state index < -0.39 is 11.0 Å². The van der Waals surface area contributed by atoms with E-state index >= 15 is 0 Å². The lowest BCUT2D eigenvalue weighted by Crippen LogP contribution is -2.39. The molecule has 1 aliphatic heterocycles. The highest BCUT2D eigenvalue weighted by molar-refractivity contribution is 7.83. The topological polar surface area (TPSA) is 57.1 Å². The number of rotatable bonds is 4. The molecule has 8 heteroatoms. The number of halogens is 2. The summed E-state index contributed by atoms with van der Waals surface area (Å²) in [5.41, 5.74) is 2.01. The summed E-state index contributed by atoms with van der Waals surface area (Å²) in [5, 5.41) is 7.93. The molecular formula is C22H24Cl2N4OS. The van der Waals surface area contributed by atoms with Crippen LogP contribution in [0.25, 0.3) is 0 Å². The first kappa shape index (κ1) is 21.3. The molecule has 1 saturated carbocycles. The molecule has 2 aromatic carbocycles. The molecule has 0 bridgehead atoms. The van der Waals surface area contributed by atoms with Crippen LogP contribution in [0.3, 0.4) is 0 Å². The third-order valence-corrected chi connectivity index (χ3v) is 6.89. The fraction of sp³-hybridized carbons (Fsp3) is 0.364. The second-order valence-electron chi connectivity index (χ2n) is 7.50. The van der Waals surface area contributed by atoms with Gasteiger partial charge in [-0.3, -0.25) is 4.72 Å². The van der Waals surface area contributed by atoms with Gasteiger partial charge in [-0.2, -0.15) is 5.10 Å². The van der Waals surface area contributed by atoms with Gasteiger partial charge >= 0.3 is 0 Å². The van der Waals surface area contributed by atoms with Gasteiger partial charge in [0, 0.05) is 16.5 Å².